The molecular formula is C33H28BF15N2O. The van der Waals surface area contributed by atoms with Crippen molar-refractivity contribution >= 4 is 22.7 Å². The van der Waals surface area contributed by atoms with Crippen LogP contribution in [0.2, 0.25) is 0 Å². The van der Waals surface area contributed by atoms with Crippen LogP contribution in [0.5, 0.6) is 0 Å². The molecule has 19 heteroatoms. The Morgan fingerprint density at radius 2 is 0.808 bits per heavy atom. The Morgan fingerprint density at radius 1 is 0.500 bits per heavy atom. The number of aromatic nitrogens is 2. The Bertz CT molecular complexity index is 1780. The van der Waals surface area contributed by atoms with Gasteiger partial charge in [-0.25, -0.2) is 75.0 Å². The number of imidazole rings is 1. The zero-order chi connectivity index (χ0) is 39.6. The molecule has 0 fully saturated rings. The van der Waals surface area contributed by atoms with E-state index in [1.165, 1.54) is 0 Å². The molecule has 3 aromatic carbocycles. The monoisotopic (exact) mass is 764 g/mol. The molecule has 4 aromatic rings. The molecule has 0 unspecified atom stereocenters. The molecule has 0 saturated heterocycles. The van der Waals surface area contributed by atoms with Crippen molar-refractivity contribution in [2.24, 2.45) is 0 Å². The van der Waals surface area contributed by atoms with Gasteiger partial charge in [0, 0.05) is 13.0 Å². The van der Waals surface area contributed by atoms with E-state index in [1.807, 2.05) is 50.7 Å². The van der Waals surface area contributed by atoms with Gasteiger partial charge in [0.25, 0.3) is 5.82 Å². The van der Waals surface area contributed by atoms with Crippen LogP contribution in [0.25, 0.3) is 0 Å². The molecule has 0 saturated carbocycles. The first-order chi connectivity index (χ1) is 23.8. The largest absolute Gasteiger partial charge is 0.579 e. The van der Waals surface area contributed by atoms with E-state index in [0.29, 0.717) is 5.82 Å². The van der Waals surface area contributed by atoms with E-state index in [1.54, 1.807) is 12.4 Å². The maximum Gasteiger partial charge on any atom is 0.257 e. The Hall–Kier alpha value is -4.16. The first-order valence-electron chi connectivity index (χ1n) is 15.3. The van der Waals surface area contributed by atoms with Crippen molar-refractivity contribution in [2.75, 3.05) is 6.61 Å². The highest BCUT2D eigenvalue weighted by atomic mass is 19.2. The molecule has 0 amide bonds. The van der Waals surface area contributed by atoms with E-state index < -0.39 is 134 Å². The number of hydrogen-bond donors (Lipinski definition) is 0. The van der Waals surface area contributed by atoms with Gasteiger partial charge in [-0.05, 0) is 54.4 Å². The number of halogens is 15. The van der Waals surface area contributed by atoms with Gasteiger partial charge in [-0.2, -0.15) is 0 Å². The second-order valence-corrected chi connectivity index (χ2v) is 13.9. The smallest absolute Gasteiger partial charge is 0.257 e. The molecule has 0 radical (unpaired) electrons. The van der Waals surface area contributed by atoms with E-state index in [-0.39, 0.29) is 12.8 Å². The fraction of sp³-hybridized carbons (Fsp3) is 0.364. The summed E-state index contributed by atoms with van der Waals surface area (Å²) in [6, 6.07) is 0. The minimum Gasteiger partial charge on any atom is -0.579 e. The van der Waals surface area contributed by atoms with Crippen LogP contribution in [0.4, 0.5) is 65.9 Å². The van der Waals surface area contributed by atoms with Crippen molar-refractivity contribution in [3.05, 3.63) is 105 Å². The van der Waals surface area contributed by atoms with Crippen LogP contribution in [0.3, 0.4) is 0 Å². The number of unbranched alkanes of at least 4 members (excludes halogenated alkanes) is 1. The Labute approximate surface area is 286 Å². The number of rotatable bonds is 9. The molecule has 284 valence electrons. The van der Waals surface area contributed by atoms with Gasteiger partial charge >= 0.3 is 0 Å². The SMILES string of the molecule is CC(C)(C)n1cc[n+](C(C)(C)C)c1CCCCO[B-](c1c(F)c(F)c(F)c(F)c1F)(c1c(F)c(F)c(F)c(F)c1F)c1c(F)c(F)c(F)c(F)c1F. The summed E-state index contributed by atoms with van der Waals surface area (Å²) in [6.45, 7) is 9.68. The highest BCUT2D eigenvalue weighted by Crippen LogP contribution is 2.29. The average molecular weight is 764 g/mol. The predicted octanol–water partition coefficient (Wildman–Crippen LogP) is 7.38. The van der Waals surface area contributed by atoms with Gasteiger partial charge in [0.15, 0.2) is 52.4 Å². The minimum absolute atomic E-state index is 0.0540. The summed E-state index contributed by atoms with van der Waals surface area (Å²) in [5.41, 5.74) is -9.46. The van der Waals surface area contributed by atoms with Gasteiger partial charge in [0.2, 0.25) is 6.35 Å². The van der Waals surface area contributed by atoms with Crippen LogP contribution < -0.4 is 21.0 Å². The Morgan fingerprint density at radius 3 is 1.10 bits per heavy atom. The van der Waals surface area contributed by atoms with E-state index in [0.717, 1.165) is 0 Å². The van der Waals surface area contributed by atoms with Crippen LogP contribution >= 0.6 is 0 Å². The maximum absolute atomic E-state index is 15.6. The van der Waals surface area contributed by atoms with E-state index >= 15 is 26.3 Å². The second-order valence-electron chi connectivity index (χ2n) is 13.9. The molecule has 0 atom stereocenters. The van der Waals surface area contributed by atoms with Crippen molar-refractivity contribution in [1.29, 1.82) is 0 Å². The summed E-state index contributed by atoms with van der Waals surface area (Å²) in [7, 11) is 0. The van der Waals surface area contributed by atoms with Crippen LogP contribution in [0.15, 0.2) is 12.4 Å². The second kappa shape index (κ2) is 14.0. The van der Waals surface area contributed by atoms with Gasteiger partial charge < -0.3 is 4.65 Å². The average Bonchev–Trinajstić information content (AvgIpc) is 3.52. The van der Waals surface area contributed by atoms with Gasteiger partial charge in [0.05, 0.1) is 0 Å². The highest BCUT2D eigenvalue weighted by Gasteiger charge is 2.49. The van der Waals surface area contributed by atoms with Crippen LogP contribution in [-0.2, 0) is 22.2 Å². The van der Waals surface area contributed by atoms with Gasteiger partial charge in [0.1, 0.15) is 58.4 Å². The van der Waals surface area contributed by atoms with Crippen molar-refractivity contribution in [3.63, 3.8) is 0 Å². The van der Waals surface area contributed by atoms with Crippen molar-refractivity contribution in [3.8, 4) is 0 Å². The number of nitrogens with zero attached hydrogens (tertiary/aromatic N) is 2. The number of benzene rings is 3. The van der Waals surface area contributed by atoms with Gasteiger partial charge in [-0.3, -0.25) is 0 Å². The number of hydrogen-bond acceptors (Lipinski definition) is 1. The van der Waals surface area contributed by atoms with E-state index in [9.17, 15) is 39.5 Å². The lowest BCUT2D eigenvalue weighted by atomic mass is 9.27. The summed E-state index contributed by atoms with van der Waals surface area (Å²) < 4.78 is 233. The first kappa shape index (κ1) is 40.6. The highest BCUT2D eigenvalue weighted by molar-refractivity contribution is 7.07. The van der Waals surface area contributed by atoms with Crippen molar-refractivity contribution < 1.29 is 75.1 Å². The van der Waals surface area contributed by atoms with Crippen LogP contribution in [0, 0.1) is 87.3 Å². The molecule has 0 bridgehead atoms. The van der Waals surface area contributed by atoms with Crippen LogP contribution in [0.1, 0.15) is 60.2 Å². The molecule has 3 nitrogen and oxygen atoms in total. The van der Waals surface area contributed by atoms with Crippen LogP contribution in [-0.4, -0.2) is 17.5 Å². The fourth-order valence-corrected chi connectivity index (χ4v) is 6.15. The summed E-state index contributed by atoms with van der Waals surface area (Å²) in [6.07, 6.45) is -3.21. The third-order valence-corrected chi connectivity index (χ3v) is 8.48. The Kier molecular flexibility index (Phi) is 10.9. The molecule has 52 heavy (non-hydrogen) atoms. The van der Waals surface area contributed by atoms with Crippen molar-refractivity contribution in [1.82, 2.24) is 4.57 Å². The summed E-state index contributed by atoms with van der Waals surface area (Å²) in [4.78, 5) is 0. The summed E-state index contributed by atoms with van der Waals surface area (Å²) >= 11 is 0. The molecule has 0 aliphatic carbocycles. The van der Waals surface area contributed by atoms with Gasteiger partial charge in [-0.1, -0.05) is 16.4 Å². The quantitative estimate of drug-likeness (QED) is 0.0435. The third-order valence-electron chi connectivity index (χ3n) is 8.48. The molecule has 1 aromatic heterocycles. The molecule has 0 aliphatic rings. The molecule has 0 N–H and O–H groups in total. The predicted molar refractivity (Wildman–Crippen MR) is 157 cm³/mol. The molecule has 0 aliphatic heterocycles. The third kappa shape index (κ3) is 6.42. The zero-order valence-corrected chi connectivity index (χ0v) is 28.0. The zero-order valence-electron chi connectivity index (χ0n) is 28.0. The lowest BCUT2D eigenvalue weighted by Gasteiger charge is -2.44. The molecular weight excluding hydrogens is 736 g/mol. The summed E-state index contributed by atoms with van der Waals surface area (Å²) in [5, 5.41) is 0. The molecule has 1 heterocycles. The fourth-order valence-electron chi connectivity index (χ4n) is 6.15. The first-order valence-corrected chi connectivity index (χ1v) is 15.3. The van der Waals surface area contributed by atoms with E-state index in [2.05, 4.69) is 0 Å². The lowest BCUT2D eigenvalue weighted by Crippen LogP contribution is -2.75. The van der Waals surface area contributed by atoms with E-state index in [4.69, 9.17) is 4.65 Å². The minimum atomic E-state index is -6.04. The summed E-state index contributed by atoms with van der Waals surface area (Å²) in [5.74, 6) is -45.6. The van der Waals surface area contributed by atoms with Crippen molar-refractivity contribution in [2.45, 2.75) is 71.9 Å². The molecule has 0 spiro atoms. The topological polar surface area (TPSA) is 18.0 Å². The lowest BCUT2D eigenvalue weighted by molar-refractivity contribution is -0.760. The molecule has 4 rings (SSSR count). The Balaban J connectivity index is 2.07. The maximum atomic E-state index is 15.6. The normalized spacial score (nSPS) is 12.7. The van der Waals surface area contributed by atoms with Gasteiger partial charge in [-0.15, -0.1) is 0 Å². The standard InChI is InChI=1S/C33H28BF15N2O/c1-32(2,3)50-10-11-51(33(4,5)6)13(50)9-7-8-12-52-34(14-17(35)23(41)29(47)24(42)18(14)36,15-19(37)25(43)30(48)26(44)20(15)38)16-21(39)27(45)31(49)28(46)22(16)40/h10-11H,7-9,12H2,1-6H3.